The van der Waals surface area contributed by atoms with Gasteiger partial charge in [0.15, 0.2) is 11.2 Å². The number of benzene rings is 1. The molecule has 0 spiro atoms. The van der Waals surface area contributed by atoms with Crippen molar-refractivity contribution in [3.05, 3.63) is 46.5 Å². The number of aromatic nitrogens is 1. The normalized spacial score (nSPS) is 18.0. The predicted molar refractivity (Wildman–Crippen MR) is 89.4 cm³/mol. The van der Waals surface area contributed by atoms with Crippen molar-refractivity contribution in [2.24, 2.45) is 5.73 Å². The molecular formula is C15H18ClN3O2S. The zero-order valence-corrected chi connectivity index (χ0v) is 13.5. The molecule has 1 aromatic heterocycles. The lowest BCUT2D eigenvalue weighted by molar-refractivity contribution is -0.124. The van der Waals surface area contributed by atoms with Gasteiger partial charge in [0.1, 0.15) is 0 Å². The van der Waals surface area contributed by atoms with Crippen LogP contribution < -0.4 is 11.1 Å². The number of carbonyl (C=O) groups is 1. The van der Waals surface area contributed by atoms with E-state index >= 15 is 0 Å². The SMILES string of the molecule is Cl.N[C@H]1CCc2nc(NC(=O)C(O)c3ccccc3)sc2C1. The van der Waals surface area contributed by atoms with Crippen molar-refractivity contribution in [1.29, 1.82) is 0 Å². The number of halogens is 1. The minimum Gasteiger partial charge on any atom is -0.378 e. The fraction of sp³-hybridized carbons (Fsp3) is 0.333. The highest BCUT2D eigenvalue weighted by Gasteiger charge is 2.23. The number of aryl methyl sites for hydroxylation is 1. The number of nitrogens with one attached hydrogen (secondary N) is 1. The second kappa shape index (κ2) is 7.19. The number of hydrogen-bond acceptors (Lipinski definition) is 5. The lowest BCUT2D eigenvalue weighted by Crippen LogP contribution is -2.27. The summed E-state index contributed by atoms with van der Waals surface area (Å²) in [5, 5.41) is 13.3. The van der Waals surface area contributed by atoms with Gasteiger partial charge in [-0.15, -0.1) is 23.7 Å². The van der Waals surface area contributed by atoms with E-state index < -0.39 is 12.0 Å². The molecule has 7 heteroatoms. The molecule has 3 rings (SSSR count). The minimum absolute atomic E-state index is 0. The molecule has 0 saturated heterocycles. The highest BCUT2D eigenvalue weighted by Crippen LogP contribution is 2.29. The van der Waals surface area contributed by atoms with Crippen molar-refractivity contribution in [1.82, 2.24) is 4.98 Å². The molecule has 0 bridgehead atoms. The third kappa shape index (κ3) is 3.64. The Morgan fingerprint density at radius 2 is 2.14 bits per heavy atom. The van der Waals surface area contributed by atoms with E-state index in [0.29, 0.717) is 10.7 Å². The fourth-order valence-electron chi connectivity index (χ4n) is 2.41. The molecule has 1 amide bonds. The van der Waals surface area contributed by atoms with Crippen LogP contribution in [0.4, 0.5) is 5.13 Å². The van der Waals surface area contributed by atoms with Gasteiger partial charge >= 0.3 is 0 Å². The second-order valence-corrected chi connectivity index (χ2v) is 6.28. The maximum atomic E-state index is 12.1. The number of thiazole rings is 1. The molecule has 2 atom stereocenters. The van der Waals surface area contributed by atoms with E-state index in [1.165, 1.54) is 11.3 Å². The molecule has 118 valence electrons. The van der Waals surface area contributed by atoms with Gasteiger partial charge in [0.25, 0.3) is 5.91 Å². The first kappa shape index (κ1) is 16.9. The molecule has 22 heavy (non-hydrogen) atoms. The Bertz CT molecular complexity index is 647. The van der Waals surface area contributed by atoms with Gasteiger partial charge in [0.2, 0.25) is 0 Å². The lowest BCUT2D eigenvalue weighted by Gasteiger charge is -2.15. The number of aliphatic hydroxyl groups is 1. The van der Waals surface area contributed by atoms with Crippen molar-refractivity contribution in [3.63, 3.8) is 0 Å². The molecule has 1 unspecified atom stereocenters. The van der Waals surface area contributed by atoms with E-state index in [4.69, 9.17) is 5.73 Å². The summed E-state index contributed by atoms with van der Waals surface area (Å²) in [7, 11) is 0. The molecule has 0 fully saturated rings. The van der Waals surface area contributed by atoms with Gasteiger partial charge in [0.05, 0.1) is 5.69 Å². The van der Waals surface area contributed by atoms with Gasteiger partial charge in [-0.25, -0.2) is 4.98 Å². The molecule has 1 aliphatic carbocycles. The van der Waals surface area contributed by atoms with Gasteiger partial charge in [-0.05, 0) is 24.8 Å². The summed E-state index contributed by atoms with van der Waals surface area (Å²) in [6, 6.07) is 9.03. The number of rotatable bonds is 3. The van der Waals surface area contributed by atoms with Crippen LogP contribution in [0, 0.1) is 0 Å². The second-order valence-electron chi connectivity index (χ2n) is 5.19. The Balaban J connectivity index is 0.00000176. The molecule has 2 aromatic rings. The van der Waals surface area contributed by atoms with Crippen LogP contribution in [0.5, 0.6) is 0 Å². The zero-order chi connectivity index (χ0) is 14.8. The summed E-state index contributed by atoms with van der Waals surface area (Å²) in [5.41, 5.74) is 7.52. The third-order valence-electron chi connectivity index (χ3n) is 3.57. The van der Waals surface area contributed by atoms with Crippen LogP contribution in [-0.4, -0.2) is 22.0 Å². The number of aliphatic hydroxyl groups excluding tert-OH is 1. The predicted octanol–water partition coefficient (Wildman–Crippen LogP) is 2.05. The molecule has 1 heterocycles. The van der Waals surface area contributed by atoms with Gasteiger partial charge in [-0.2, -0.15) is 0 Å². The van der Waals surface area contributed by atoms with Crippen molar-refractivity contribution in [2.75, 3.05) is 5.32 Å². The standard InChI is InChI=1S/C15H17N3O2S.ClH/c16-10-6-7-11-12(8-10)21-15(17-11)18-14(20)13(19)9-4-2-1-3-5-9;/h1-5,10,13,19H,6-8,16H2,(H,17,18,20);1H/t10-,13?;/m0./s1. The first-order valence-electron chi connectivity index (χ1n) is 6.91. The number of amides is 1. The Labute approximate surface area is 139 Å². The molecule has 0 radical (unpaired) electrons. The number of nitrogens with zero attached hydrogens (tertiary/aromatic N) is 1. The van der Waals surface area contributed by atoms with Crippen molar-refractivity contribution >= 4 is 34.8 Å². The van der Waals surface area contributed by atoms with Crippen LogP contribution in [0.1, 0.15) is 28.7 Å². The minimum atomic E-state index is -1.19. The fourth-order valence-corrected chi connectivity index (χ4v) is 3.52. The number of nitrogens with two attached hydrogens (primary N) is 1. The summed E-state index contributed by atoms with van der Waals surface area (Å²) in [4.78, 5) is 17.6. The zero-order valence-electron chi connectivity index (χ0n) is 11.9. The van der Waals surface area contributed by atoms with Gasteiger partial charge in [-0.1, -0.05) is 30.3 Å². The molecule has 0 saturated carbocycles. The van der Waals surface area contributed by atoms with Gasteiger partial charge in [-0.3, -0.25) is 10.1 Å². The van der Waals surface area contributed by atoms with Crippen molar-refractivity contribution in [3.8, 4) is 0 Å². The average Bonchev–Trinajstić information content (AvgIpc) is 2.88. The van der Waals surface area contributed by atoms with Gasteiger partial charge < -0.3 is 10.8 Å². The van der Waals surface area contributed by atoms with Crippen molar-refractivity contribution < 1.29 is 9.90 Å². The summed E-state index contributed by atoms with van der Waals surface area (Å²) in [6.07, 6.45) is 1.40. The largest absolute Gasteiger partial charge is 0.378 e. The Morgan fingerprint density at radius 1 is 1.41 bits per heavy atom. The van der Waals surface area contributed by atoms with Crippen LogP contribution >= 0.6 is 23.7 Å². The molecule has 5 nitrogen and oxygen atoms in total. The van der Waals surface area contributed by atoms with Gasteiger partial charge in [0, 0.05) is 10.9 Å². The quantitative estimate of drug-likeness (QED) is 0.798. The maximum Gasteiger partial charge on any atom is 0.259 e. The smallest absolute Gasteiger partial charge is 0.259 e. The summed E-state index contributed by atoms with van der Waals surface area (Å²) < 4.78 is 0. The molecular weight excluding hydrogens is 322 g/mol. The Hall–Kier alpha value is -1.47. The summed E-state index contributed by atoms with van der Waals surface area (Å²) >= 11 is 1.45. The number of anilines is 1. The average molecular weight is 340 g/mol. The topological polar surface area (TPSA) is 88.2 Å². The number of hydrogen-bond donors (Lipinski definition) is 3. The molecule has 1 aromatic carbocycles. The summed E-state index contributed by atoms with van der Waals surface area (Å²) in [6.45, 7) is 0. The van der Waals surface area contributed by atoms with Crippen LogP contribution in [0.2, 0.25) is 0 Å². The lowest BCUT2D eigenvalue weighted by atomic mass is 9.99. The molecule has 1 aliphatic rings. The molecule has 4 N–H and O–H groups in total. The first-order valence-corrected chi connectivity index (χ1v) is 7.73. The number of fused-ring (bicyclic) bond motifs is 1. The number of carbonyl (C=O) groups excluding carboxylic acids is 1. The van der Waals surface area contributed by atoms with E-state index in [1.807, 2.05) is 6.07 Å². The maximum absolute atomic E-state index is 12.1. The van der Waals surface area contributed by atoms with Crippen molar-refractivity contribution in [2.45, 2.75) is 31.4 Å². The van der Waals surface area contributed by atoms with E-state index in [1.54, 1.807) is 24.3 Å². The molecule has 0 aliphatic heterocycles. The highest BCUT2D eigenvalue weighted by molar-refractivity contribution is 7.15. The highest BCUT2D eigenvalue weighted by atomic mass is 35.5. The van der Waals surface area contributed by atoms with E-state index in [0.717, 1.165) is 29.8 Å². The van der Waals surface area contributed by atoms with Crippen LogP contribution in [-0.2, 0) is 17.6 Å². The first-order chi connectivity index (χ1) is 10.1. The Kier molecular flexibility index (Phi) is 5.52. The Morgan fingerprint density at radius 3 is 2.86 bits per heavy atom. The monoisotopic (exact) mass is 339 g/mol. The van der Waals surface area contributed by atoms with Crippen LogP contribution in [0.25, 0.3) is 0 Å². The van der Waals surface area contributed by atoms with E-state index in [2.05, 4.69) is 10.3 Å². The third-order valence-corrected chi connectivity index (χ3v) is 4.61. The van der Waals surface area contributed by atoms with E-state index in [9.17, 15) is 9.90 Å². The van der Waals surface area contributed by atoms with Crippen LogP contribution in [0.3, 0.4) is 0 Å². The summed E-state index contributed by atoms with van der Waals surface area (Å²) in [5.74, 6) is -0.461. The van der Waals surface area contributed by atoms with E-state index in [-0.39, 0.29) is 18.4 Å². The van der Waals surface area contributed by atoms with Crippen LogP contribution in [0.15, 0.2) is 30.3 Å².